The summed E-state index contributed by atoms with van der Waals surface area (Å²) in [7, 11) is 0. The highest BCUT2D eigenvalue weighted by molar-refractivity contribution is 8.93. The molecule has 0 spiro atoms. The number of rotatable bonds is 11. The van der Waals surface area contributed by atoms with Crippen molar-refractivity contribution in [2.45, 2.75) is 91.4 Å². The van der Waals surface area contributed by atoms with Gasteiger partial charge >= 0.3 is 0 Å². The lowest BCUT2D eigenvalue weighted by Crippen LogP contribution is -2.50. The molecule has 2 saturated carbocycles. The predicted molar refractivity (Wildman–Crippen MR) is 120 cm³/mol. The topological polar surface area (TPSA) is 60.4 Å². The molecule has 2 aliphatic rings. The Morgan fingerprint density at radius 1 is 0.929 bits per heavy atom. The fourth-order valence-corrected chi connectivity index (χ4v) is 5.28. The molecule has 0 radical (unpaired) electrons. The van der Waals surface area contributed by atoms with Gasteiger partial charge in [-0.25, -0.2) is 0 Å². The zero-order valence-corrected chi connectivity index (χ0v) is 20.4. The van der Waals surface area contributed by atoms with Gasteiger partial charge < -0.3 is 19.5 Å². The fourth-order valence-electron chi connectivity index (χ4n) is 5.28. The fraction of sp³-hybridized carbons (Fsp3) is 0.957. The summed E-state index contributed by atoms with van der Waals surface area (Å²) in [5.41, 5.74) is 0. The molecular formula is C23H46BrNO3. The Kier molecular flexibility index (Phi) is 15.6. The van der Waals surface area contributed by atoms with Crippen LogP contribution in [0.4, 0.5) is 0 Å². The third kappa shape index (κ3) is 9.13. The van der Waals surface area contributed by atoms with Crippen molar-refractivity contribution < 1.29 is 19.5 Å². The van der Waals surface area contributed by atoms with Crippen LogP contribution in [0.1, 0.15) is 91.4 Å². The number of carboxylic acids is 1. The van der Waals surface area contributed by atoms with E-state index in [1.165, 1.54) is 51.5 Å². The molecule has 0 amide bonds. The van der Waals surface area contributed by atoms with Crippen LogP contribution in [0.25, 0.3) is 0 Å². The largest absolute Gasteiger partial charge is 0.550 e. The van der Waals surface area contributed by atoms with Crippen LogP contribution < -0.4 is 5.11 Å². The van der Waals surface area contributed by atoms with Crippen molar-refractivity contribution in [1.82, 2.24) is 0 Å². The van der Waals surface area contributed by atoms with Crippen molar-refractivity contribution in [2.75, 3.05) is 32.8 Å². The number of carboxylic acid groups (broad SMARTS) is 1. The maximum absolute atomic E-state index is 11.2. The number of halogens is 1. The molecule has 1 N–H and O–H groups in total. The molecule has 28 heavy (non-hydrogen) atoms. The zero-order valence-electron chi connectivity index (χ0n) is 18.7. The third-order valence-corrected chi connectivity index (χ3v) is 7.24. The minimum Gasteiger partial charge on any atom is -0.550 e. The minimum absolute atomic E-state index is 0. The molecule has 2 rings (SSSR count). The number of hydrogen-bond donors (Lipinski definition) is 1. The van der Waals surface area contributed by atoms with Gasteiger partial charge in [-0.3, -0.25) is 0 Å². The number of carbonyl (C=O) groups excluding carboxylic acids is 1. The molecule has 0 heterocycles. The molecule has 0 aromatic heterocycles. The summed E-state index contributed by atoms with van der Waals surface area (Å²) in [4.78, 5) is 11.2. The first kappa shape index (κ1) is 27.9. The van der Waals surface area contributed by atoms with Gasteiger partial charge in [0, 0.05) is 11.9 Å². The van der Waals surface area contributed by atoms with Gasteiger partial charge in [0.25, 0.3) is 0 Å². The Hall–Kier alpha value is -0.130. The average Bonchev–Trinajstić information content (AvgIpc) is 3.36. The summed E-state index contributed by atoms with van der Waals surface area (Å²) in [6.45, 7) is 11.5. The van der Waals surface area contributed by atoms with Crippen molar-refractivity contribution >= 4 is 23.0 Å². The summed E-state index contributed by atoms with van der Waals surface area (Å²) < 4.78 is 1.09. The van der Waals surface area contributed by atoms with Crippen molar-refractivity contribution in [3.63, 3.8) is 0 Å². The highest BCUT2D eigenvalue weighted by Crippen LogP contribution is 2.41. The Balaban J connectivity index is 0.000000505. The Bertz CT molecular complexity index is 373. The number of quaternary nitrogens is 1. The standard InChI is InChI=1S/C12H20O2.C11H26NO.BrH/c13-12(14)11(9-5-1-2-6-9)10-7-3-4-8-10;1-4-7-8-9-12(5-2,6-3)10-11-13;/h9-11H,1-8H2,(H,13,14);13H,4-11H2,1-3H3;1H/q;+1;/p-1. The molecule has 2 fully saturated rings. The number of nitrogens with zero attached hydrogens (tertiary/aromatic N) is 1. The first-order chi connectivity index (χ1) is 13.0. The van der Waals surface area contributed by atoms with Gasteiger partial charge in [-0.15, -0.1) is 17.0 Å². The number of aliphatic carboxylic acids is 1. The number of unbranched alkanes of at least 4 members (excludes halogenated alkanes) is 2. The summed E-state index contributed by atoms with van der Waals surface area (Å²) in [5.74, 6) is -0.0324. The van der Waals surface area contributed by atoms with E-state index in [1.807, 2.05) is 0 Å². The number of hydrogen-bond acceptors (Lipinski definition) is 3. The molecule has 0 saturated heterocycles. The van der Waals surface area contributed by atoms with E-state index in [-0.39, 0.29) is 22.9 Å². The van der Waals surface area contributed by atoms with Crippen molar-refractivity contribution in [3.05, 3.63) is 0 Å². The van der Waals surface area contributed by atoms with Crippen LogP contribution in [-0.2, 0) is 4.79 Å². The highest BCUT2D eigenvalue weighted by atomic mass is 79.9. The lowest BCUT2D eigenvalue weighted by atomic mass is 9.79. The monoisotopic (exact) mass is 463 g/mol. The van der Waals surface area contributed by atoms with Gasteiger partial charge in [0.15, 0.2) is 0 Å². The molecule has 168 valence electrons. The smallest absolute Gasteiger partial charge is 0.102 e. The first-order valence-corrected chi connectivity index (χ1v) is 11.7. The van der Waals surface area contributed by atoms with Gasteiger partial charge in [-0.2, -0.15) is 0 Å². The van der Waals surface area contributed by atoms with Crippen LogP contribution in [-0.4, -0.2) is 48.3 Å². The van der Waals surface area contributed by atoms with Crippen LogP contribution in [0, 0.1) is 17.8 Å². The SMILES string of the molecule is Br.CCCCC[N+](CC)(CC)CCO.O=C([O-])C(C1CCCC1)C1CCCC1. The van der Waals surface area contributed by atoms with Gasteiger partial charge in [-0.05, 0) is 64.2 Å². The number of aliphatic hydroxyl groups is 1. The number of carbonyl (C=O) groups is 1. The van der Waals surface area contributed by atoms with E-state index in [9.17, 15) is 9.90 Å². The Morgan fingerprint density at radius 2 is 1.39 bits per heavy atom. The maximum Gasteiger partial charge on any atom is 0.102 e. The molecule has 0 unspecified atom stereocenters. The second-order valence-electron chi connectivity index (χ2n) is 8.79. The molecule has 0 aliphatic heterocycles. The van der Waals surface area contributed by atoms with Crippen LogP contribution in [0.3, 0.4) is 0 Å². The van der Waals surface area contributed by atoms with Crippen LogP contribution in [0.5, 0.6) is 0 Å². The lowest BCUT2D eigenvalue weighted by Gasteiger charge is -2.36. The molecule has 5 heteroatoms. The van der Waals surface area contributed by atoms with E-state index in [0.717, 1.165) is 49.8 Å². The maximum atomic E-state index is 11.2. The highest BCUT2D eigenvalue weighted by Gasteiger charge is 2.33. The number of likely N-dealkylation sites (N-methyl/N-ethyl adjacent to an activating group) is 1. The molecule has 0 aromatic rings. The lowest BCUT2D eigenvalue weighted by molar-refractivity contribution is -0.925. The van der Waals surface area contributed by atoms with Gasteiger partial charge in [0.05, 0.1) is 26.2 Å². The van der Waals surface area contributed by atoms with E-state index in [2.05, 4.69) is 20.8 Å². The van der Waals surface area contributed by atoms with Gasteiger partial charge in [-0.1, -0.05) is 39.0 Å². The van der Waals surface area contributed by atoms with Gasteiger partial charge in [0.2, 0.25) is 0 Å². The second kappa shape index (κ2) is 15.7. The third-order valence-electron chi connectivity index (χ3n) is 7.24. The average molecular weight is 465 g/mol. The summed E-state index contributed by atoms with van der Waals surface area (Å²) in [5, 5.41) is 20.2. The van der Waals surface area contributed by atoms with Crippen LogP contribution in [0.2, 0.25) is 0 Å². The van der Waals surface area contributed by atoms with Crippen LogP contribution >= 0.6 is 17.0 Å². The predicted octanol–water partition coefficient (Wildman–Crippen LogP) is 4.34. The molecule has 0 atom stereocenters. The molecule has 4 nitrogen and oxygen atoms in total. The molecule has 0 aromatic carbocycles. The molecular weight excluding hydrogens is 418 g/mol. The summed E-state index contributed by atoms with van der Waals surface area (Å²) >= 11 is 0. The Morgan fingerprint density at radius 3 is 1.71 bits per heavy atom. The van der Waals surface area contributed by atoms with E-state index in [0.29, 0.717) is 18.4 Å². The second-order valence-corrected chi connectivity index (χ2v) is 8.79. The van der Waals surface area contributed by atoms with Crippen LogP contribution in [0.15, 0.2) is 0 Å². The van der Waals surface area contributed by atoms with Crippen molar-refractivity contribution in [1.29, 1.82) is 0 Å². The van der Waals surface area contributed by atoms with Crippen molar-refractivity contribution in [2.24, 2.45) is 17.8 Å². The summed E-state index contributed by atoms with van der Waals surface area (Å²) in [6.07, 6.45) is 13.3. The van der Waals surface area contributed by atoms with Gasteiger partial charge in [0.1, 0.15) is 6.54 Å². The van der Waals surface area contributed by atoms with E-state index >= 15 is 0 Å². The van der Waals surface area contributed by atoms with E-state index in [1.54, 1.807) is 0 Å². The number of aliphatic hydroxyl groups excluding tert-OH is 1. The van der Waals surface area contributed by atoms with E-state index in [4.69, 9.17) is 5.11 Å². The first-order valence-electron chi connectivity index (χ1n) is 11.7. The minimum atomic E-state index is -0.774. The molecule has 0 bridgehead atoms. The Labute approximate surface area is 184 Å². The van der Waals surface area contributed by atoms with E-state index < -0.39 is 5.97 Å². The normalized spacial score (nSPS) is 18.0. The summed E-state index contributed by atoms with van der Waals surface area (Å²) in [6, 6.07) is 0. The van der Waals surface area contributed by atoms with Crippen molar-refractivity contribution in [3.8, 4) is 0 Å². The quantitative estimate of drug-likeness (QED) is 0.366. The zero-order chi connectivity index (χ0) is 20.1. The molecule has 2 aliphatic carbocycles.